The van der Waals surface area contributed by atoms with Crippen molar-refractivity contribution in [2.75, 3.05) is 31.6 Å². The molecule has 0 unspecified atom stereocenters. The van der Waals surface area contributed by atoms with Gasteiger partial charge in [-0.2, -0.15) is 0 Å². The van der Waals surface area contributed by atoms with E-state index < -0.39 is 0 Å². The molecule has 4 nitrogen and oxygen atoms in total. The Bertz CT molecular complexity index is 437. The lowest BCUT2D eigenvalue weighted by molar-refractivity contribution is -0.129. The Morgan fingerprint density at radius 3 is 2.76 bits per heavy atom. The van der Waals surface area contributed by atoms with Crippen molar-refractivity contribution in [1.29, 1.82) is 0 Å². The van der Waals surface area contributed by atoms with Crippen LogP contribution in [-0.2, 0) is 11.4 Å². The number of carbonyl (C=O) groups excluding carboxylic acids is 1. The van der Waals surface area contributed by atoms with E-state index in [2.05, 4.69) is 0 Å². The number of hydrogen-bond acceptors (Lipinski definition) is 3. The number of piperazine rings is 1. The number of hydrogen-bond donors (Lipinski definition) is 1. The van der Waals surface area contributed by atoms with Crippen molar-refractivity contribution in [1.82, 2.24) is 4.90 Å². The highest BCUT2D eigenvalue weighted by atomic mass is 35.5. The van der Waals surface area contributed by atoms with Crippen LogP contribution in [0.4, 0.5) is 5.69 Å². The number of benzene rings is 1. The van der Waals surface area contributed by atoms with Gasteiger partial charge < -0.3 is 14.9 Å². The predicted octanol–water partition coefficient (Wildman–Crippen LogP) is 1.11. The van der Waals surface area contributed by atoms with Crippen LogP contribution in [0.1, 0.15) is 5.56 Å². The zero-order chi connectivity index (χ0) is 12.4. The molecular formula is C12H15ClN2O2. The van der Waals surface area contributed by atoms with Crippen LogP contribution in [0.25, 0.3) is 0 Å². The van der Waals surface area contributed by atoms with Crippen LogP contribution < -0.4 is 4.90 Å². The summed E-state index contributed by atoms with van der Waals surface area (Å²) in [7, 11) is 1.81. The standard InChI is InChI=1S/C12H15ClN2O2/c1-14-4-5-15(7-12(14)17)10-3-2-9(8-16)11(13)6-10/h2-3,6,16H,4-5,7-8H2,1H3. The third-order valence-corrected chi connectivity index (χ3v) is 3.38. The van der Waals surface area contributed by atoms with E-state index in [1.807, 2.05) is 18.0 Å². The molecule has 0 bridgehead atoms. The maximum atomic E-state index is 11.6. The maximum absolute atomic E-state index is 11.6. The van der Waals surface area contributed by atoms with E-state index in [-0.39, 0.29) is 12.5 Å². The van der Waals surface area contributed by atoms with Crippen LogP contribution in [0.3, 0.4) is 0 Å². The number of rotatable bonds is 2. The zero-order valence-corrected chi connectivity index (χ0v) is 10.4. The molecule has 1 saturated heterocycles. The number of nitrogens with zero attached hydrogens (tertiary/aromatic N) is 2. The first-order chi connectivity index (χ1) is 8.11. The summed E-state index contributed by atoms with van der Waals surface area (Å²) in [5.74, 6) is 0.110. The molecule has 0 atom stereocenters. The lowest BCUT2D eigenvalue weighted by atomic mass is 10.2. The fourth-order valence-electron chi connectivity index (χ4n) is 1.84. The molecular weight excluding hydrogens is 240 g/mol. The number of anilines is 1. The van der Waals surface area contributed by atoms with Gasteiger partial charge in [0.25, 0.3) is 0 Å². The van der Waals surface area contributed by atoms with Gasteiger partial charge in [0.05, 0.1) is 13.2 Å². The normalized spacial score (nSPS) is 16.5. The first-order valence-electron chi connectivity index (χ1n) is 5.50. The van der Waals surface area contributed by atoms with Crippen molar-refractivity contribution in [2.45, 2.75) is 6.61 Å². The number of aliphatic hydroxyl groups is 1. The van der Waals surface area contributed by atoms with Crippen molar-refractivity contribution < 1.29 is 9.90 Å². The number of likely N-dealkylation sites (N-methyl/N-ethyl adjacent to an activating group) is 1. The predicted molar refractivity (Wildman–Crippen MR) is 67.2 cm³/mol. The molecule has 1 heterocycles. The second-order valence-corrected chi connectivity index (χ2v) is 4.58. The molecule has 0 radical (unpaired) electrons. The number of halogens is 1. The molecule has 1 amide bonds. The number of aliphatic hydroxyl groups excluding tert-OH is 1. The molecule has 1 aliphatic heterocycles. The number of amides is 1. The van der Waals surface area contributed by atoms with Crippen molar-refractivity contribution in [2.24, 2.45) is 0 Å². The van der Waals surface area contributed by atoms with Crippen molar-refractivity contribution in [3.63, 3.8) is 0 Å². The Labute approximate surface area is 105 Å². The topological polar surface area (TPSA) is 43.8 Å². The first-order valence-corrected chi connectivity index (χ1v) is 5.88. The van der Waals surface area contributed by atoms with Gasteiger partial charge in [-0.05, 0) is 17.7 Å². The number of carbonyl (C=O) groups is 1. The Kier molecular flexibility index (Phi) is 3.54. The van der Waals surface area contributed by atoms with E-state index in [9.17, 15) is 4.79 Å². The van der Waals surface area contributed by atoms with E-state index in [1.165, 1.54) is 0 Å². The van der Waals surface area contributed by atoms with Gasteiger partial charge in [0, 0.05) is 30.8 Å². The monoisotopic (exact) mass is 254 g/mol. The molecule has 0 aromatic heterocycles. The molecule has 1 fully saturated rings. The summed E-state index contributed by atoms with van der Waals surface area (Å²) in [5, 5.41) is 9.58. The summed E-state index contributed by atoms with van der Waals surface area (Å²) in [4.78, 5) is 15.3. The molecule has 0 spiro atoms. The summed E-state index contributed by atoms with van der Waals surface area (Å²) < 4.78 is 0. The van der Waals surface area contributed by atoms with Gasteiger partial charge in [0.2, 0.25) is 5.91 Å². The van der Waals surface area contributed by atoms with E-state index in [4.69, 9.17) is 16.7 Å². The van der Waals surface area contributed by atoms with Gasteiger partial charge in [-0.15, -0.1) is 0 Å². The highest BCUT2D eigenvalue weighted by molar-refractivity contribution is 6.31. The SMILES string of the molecule is CN1CCN(c2ccc(CO)c(Cl)c2)CC1=O. The lowest BCUT2D eigenvalue weighted by Gasteiger charge is -2.33. The largest absolute Gasteiger partial charge is 0.392 e. The molecule has 92 valence electrons. The fourth-order valence-corrected chi connectivity index (χ4v) is 2.07. The van der Waals surface area contributed by atoms with Crippen molar-refractivity contribution in [3.05, 3.63) is 28.8 Å². The van der Waals surface area contributed by atoms with E-state index in [0.717, 1.165) is 18.8 Å². The fraction of sp³-hybridized carbons (Fsp3) is 0.417. The average molecular weight is 255 g/mol. The third-order valence-electron chi connectivity index (χ3n) is 3.03. The average Bonchev–Trinajstić information content (AvgIpc) is 2.32. The van der Waals surface area contributed by atoms with Crippen LogP contribution in [0.15, 0.2) is 18.2 Å². The minimum atomic E-state index is -0.0687. The molecule has 0 aliphatic carbocycles. The van der Waals surface area contributed by atoms with Gasteiger partial charge >= 0.3 is 0 Å². The smallest absolute Gasteiger partial charge is 0.241 e. The third kappa shape index (κ3) is 2.53. The van der Waals surface area contributed by atoms with Crippen LogP contribution in [0.2, 0.25) is 5.02 Å². The molecule has 1 aromatic rings. The van der Waals surface area contributed by atoms with Gasteiger partial charge in [0.15, 0.2) is 0 Å². The summed E-state index contributed by atoms with van der Waals surface area (Å²) in [5.41, 5.74) is 1.63. The van der Waals surface area contributed by atoms with Crippen LogP contribution in [0.5, 0.6) is 0 Å². The quantitative estimate of drug-likeness (QED) is 0.860. The Morgan fingerprint density at radius 1 is 1.41 bits per heavy atom. The second-order valence-electron chi connectivity index (χ2n) is 4.17. The highest BCUT2D eigenvalue weighted by Gasteiger charge is 2.21. The van der Waals surface area contributed by atoms with Gasteiger partial charge in [-0.1, -0.05) is 17.7 Å². The summed E-state index contributed by atoms with van der Waals surface area (Å²) in [6.07, 6.45) is 0. The van der Waals surface area contributed by atoms with Crippen LogP contribution in [0, 0.1) is 0 Å². The van der Waals surface area contributed by atoms with Crippen molar-refractivity contribution in [3.8, 4) is 0 Å². The lowest BCUT2D eigenvalue weighted by Crippen LogP contribution is -2.48. The van der Waals surface area contributed by atoms with Gasteiger partial charge in [-0.3, -0.25) is 4.79 Å². The maximum Gasteiger partial charge on any atom is 0.241 e. The molecule has 1 aliphatic rings. The first kappa shape index (κ1) is 12.2. The molecule has 1 aromatic carbocycles. The van der Waals surface area contributed by atoms with Gasteiger partial charge in [0.1, 0.15) is 0 Å². The zero-order valence-electron chi connectivity index (χ0n) is 9.69. The van der Waals surface area contributed by atoms with Crippen LogP contribution >= 0.6 is 11.6 Å². The second kappa shape index (κ2) is 4.94. The van der Waals surface area contributed by atoms with Gasteiger partial charge in [-0.25, -0.2) is 0 Å². The minimum absolute atomic E-state index is 0.0687. The molecule has 0 saturated carbocycles. The minimum Gasteiger partial charge on any atom is -0.392 e. The Morgan fingerprint density at radius 2 is 2.18 bits per heavy atom. The van der Waals surface area contributed by atoms with E-state index >= 15 is 0 Å². The molecule has 2 rings (SSSR count). The molecule has 1 N–H and O–H groups in total. The van der Waals surface area contributed by atoms with E-state index in [1.54, 1.807) is 17.0 Å². The summed E-state index contributed by atoms with van der Waals surface area (Å²) in [6.45, 7) is 1.83. The summed E-state index contributed by atoms with van der Waals surface area (Å²) in [6, 6.07) is 5.47. The van der Waals surface area contributed by atoms with E-state index in [0.29, 0.717) is 17.1 Å². The Hall–Kier alpha value is -1.26. The molecule has 17 heavy (non-hydrogen) atoms. The Balaban J connectivity index is 2.18. The molecule has 5 heteroatoms. The van der Waals surface area contributed by atoms with Crippen LogP contribution in [-0.4, -0.2) is 42.6 Å². The highest BCUT2D eigenvalue weighted by Crippen LogP contribution is 2.24. The summed E-state index contributed by atoms with van der Waals surface area (Å²) >= 11 is 6.03. The van der Waals surface area contributed by atoms with Crippen molar-refractivity contribution >= 4 is 23.2 Å².